The number of rotatable bonds is 3. The number of amides is 2. The van der Waals surface area contributed by atoms with E-state index in [2.05, 4.69) is 10.6 Å². The van der Waals surface area contributed by atoms with Gasteiger partial charge in [0.15, 0.2) is 9.84 Å². The first kappa shape index (κ1) is 13.9. The lowest BCUT2D eigenvalue weighted by molar-refractivity contribution is 0.230. The number of carbonyl (C=O) groups excluding carboxylic acids is 1. The third kappa shape index (κ3) is 3.96. The molecule has 0 bridgehead atoms. The van der Waals surface area contributed by atoms with Crippen LogP contribution in [0.2, 0.25) is 0 Å². The van der Waals surface area contributed by atoms with Gasteiger partial charge in [-0.2, -0.15) is 0 Å². The molecular formula is C13H18N2O3S. The van der Waals surface area contributed by atoms with Crippen LogP contribution in [-0.4, -0.2) is 31.5 Å². The van der Waals surface area contributed by atoms with Crippen LogP contribution in [-0.2, 0) is 16.4 Å². The first-order valence-electron chi connectivity index (χ1n) is 6.19. The minimum absolute atomic E-state index is 0.0127. The van der Waals surface area contributed by atoms with E-state index >= 15 is 0 Å². The Morgan fingerprint density at radius 1 is 1.32 bits per heavy atom. The van der Waals surface area contributed by atoms with Crippen molar-refractivity contribution in [1.29, 1.82) is 0 Å². The van der Waals surface area contributed by atoms with Gasteiger partial charge in [0.1, 0.15) is 0 Å². The summed E-state index contributed by atoms with van der Waals surface area (Å²) in [7, 11) is -3.01. The Kier molecular flexibility index (Phi) is 3.80. The van der Waals surface area contributed by atoms with E-state index in [0.29, 0.717) is 13.0 Å². The van der Waals surface area contributed by atoms with Crippen molar-refractivity contribution in [1.82, 2.24) is 10.6 Å². The monoisotopic (exact) mass is 282 g/mol. The van der Waals surface area contributed by atoms with Crippen molar-refractivity contribution >= 4 is 15.9 Å². The summed E-state index contributed by atoms with van der Waals surface area (Å²) in [5.74, 6) is 0.154. The van der Waals surface area contributed by atoms with Crippen molar-refractivity contribution in [2.75, 3.05) is 11.5 Å². The summed E-state index contributed by atoms with van der Waals surface area (Å²) in [5, 5.41) is 5.49. The van der Waals surface area contributed by atoms with E-state index in [1.807, 2.05) is 30.3 Å². The first-order valence-corrected chi connectivity index (χ1v) is 8.01. The van der Waals surface area contributed by atoms with Gasteiger partial charge in [0.05, 0.1) is 17.0 Å². The molecule has 1 heterocycles. The van der Waals surface area contributed by atoms with Crippen molar-refractivity contribution in [2.24, 2.45) is 0 Å². The zero-order valence-corrected chi connectivity index (χ0v) is 11.7. The fourth-order valence-corrected chi connectivity index (χ4v) is 4.30. The normalized spacial score (nSPS) is 24.9. The highest BCUT2D eigenvalue weighted by atomic mass is 32.2. The maximum atomic E-state index is 11.8. The van der Waals surface area contributed by atoms with Crippen LogP contribution in [0.3, 0.4) is 0 Å². The summed E-state index contributed by atoms with van der Waals surface area (Å²) < 4.78 is 22.9. The molecule has 2 rings (SSSR count). The molecule has 1 aliphatic heterocycles. The SMILES string of the molecule is C[C@]1(NC(=O)NCc2ccccc2)CCS(=O)(=O)C1. The van der Waals surface area contributed by atoms with Crippen LogP contribution in [0.5, 0.6) is 0 Å². The Bertz CT molecular complexity index is 557. The zero-order valence-electron chi connectivity index (χ0n) is 10.8. The van der Waals surface area contributed by atoms with Gasteiger partial charge in [-0.1, -0.05) is 30.3 Å². The molecule has 1 aromatic rings. The van der Waals surface area contributed by atoms with Crippen LogP contribution >= 0.6 is 0 Å². The molecule has 2 amide bonds. The second-order valence-corrected chi connectivity index (χ2v) is 7.38. The van der Waals surface area contributed by atoms with Gasteiger partial charge in [0, 0.05) is 6.54 Å². The van der Waals surface area contributed by atoms with E-state index in [1.54, 1.807) is 6.92 Å². The van der Waals surface area contributed by atoms with Gasteiger partial charge in [-0.15, -0.1) is 0 Å². The lowest BCUT2D eigenvalue weighted by atomic mass is 10.0. The number of hydrogen-bond acceptors (Lipinski definition) is 3. The number of benzene rings is 1. The fraction of sp³-hybridized carbons (Fsp3) is 0.462. The molecule has 6 heteroatoms. The van der Waals surface area contributed by atoms with Crippen LogP contribution in [0.25, 0.3) is 0 Å². The Morgan fingerprint density at radius 2 is 2.00 bits per heavy atom. The summed E-state index contributed by atoms with van der Waals surface area (Å²) in [6.45, 7) is 2.19. The van der Waals surface area contributed by atoms with Crippen LogP contribution in [0.1, 0.15) is 18.9 Å². The molecule has 0 saturated carbocycles. The maximum absolute atomic E-state index is 11.8. The Hall–Kier alpha value is -1.56. The van der Waals surface area contributed by atoms with Gasteiger partial charge in [-0.3, -0.25) is 0 Å². The quantitative estimate of drug-likeness (QED) is 0.870. The van der Waals surface area contributed by atoms with Gasteiger partial charge in [-0.25, -0.2) is 13.2 Å². The highest BCUT2D eigenvalue weighted by molar-refractivity contribution is 7.91. The van der Waals surface area contributed by atoms with Crippen molar-refractivity contribution in [3.63, 3.8) is 0 Å². The third-order valence-corrected chi connectivity index (χ3v) is 5.12. The predicted molar refractivity (Wildman–Crippen MR) is 73.5 cm³/mol. The lowest BCUT2D eigenvalue weighted by Gasteiger charge is -2.24. The second-order valence-electron chi connectivity index (χ2n) is 5.20. The smallest absolute Gasteiger partial charge is 0.315 e. The molecule has 2 N–H and O–H groups in total. The van der Waals surface area contributed by atoms with Crippen LogP contribution in [0.4, 0.5) is 4.79 Å². The first-order chi connectivity index (χ1) is 8.89. The molecule has 1 aromatic carbocycles. The standard InChI is InChI=1S/C13H18N2O3S/c1-13(7-8-19(17,18)10-13)15-12(16)14-9-11-5-3-2-4-6-11/h2-6H,7-10H2,1H3,(H2,14,15,16)/t13-/m0/s1. The number of nitrogens with one attached hydrogen (secondary N) is 2. The maximum Gasteiger partial charge on any atom is 0.315 e. The van der Waals surface area contributed by atoms with Crippen molar-refractivity contribution in [2.45, 2.75) is 25.4 Å². The topological polar surface area (TPSA) is 75.3 Å². The van der Waals surface area contributed by atoms with Crippen molar-refractivity contribution in [3.05, 3.63) is 35.9 Å². The minimum atomic E-state index is -3.01. The van der Waals surface area contributed by atoms with E-state index < -0.39 is 15.4 Å². The largest absolute Gasteiger partial charge is 0.334 e. The van der Waals surface area contributed by atoms with Crippen molar-refractivity contribution in [3.8, 4) is 0 Å². The molecule has 104 valence electrons. The number of urea groups is 1. The molecule has 5 nitrogen and oxygen atoms in total. The zero-order chi connectivity index (χ0) is 13.9. The molecule has 1 atom stereocenters. The summed E-state index contributed by atoms with van der Waals surface area (Å²) in [6.07, 6.45) is 0.466. The van der Waals surface area contributed by atoms with Crippen molar-refractivity contribution < 1.29 is 13.2 Å². The molecule has 0 radical (unpaired) electrons. The van der Waals surface area contributed by atoms with Crippen LogP contribution in [0, 0.1) is 0 Å². The molecule has 19 heavy (non-hydrogen) atoms. The fourth-order valence-electron chi connectivity index (χ4n) is 2.21. The molecule has 1 fully saturated rings. The van der Waals surface area contributed by atoms with E-state index in [4.69, 9.17) is 0 Å². The van der Waals surface area contributed by atoms with Gasteiger partial charge in [0.2, 0.25) is 0 Å². The average molecular weight is 282 g/mol. The predicted octanol–water partition coefficient (Wildman–Crippen LogP) is 1.06. The molecule has 1 saturated heterocycles. The van der Waals surface area contributed by atoms with E-state index in [-0.39, 0.29) is 17.5 Å². The molecule has 0 aliphatic carbocycles. The molecule has 0 unspecified atom stereocenters. The summed E-state index contributed by atoms with van der Waals surface area (Å²) in [5.41, 5.74) is 0.349. The highest BCUT2D eigenvalue weighted by Gasteiger charge is 2.39. The minimum Gasteiger partial charge on any atom is -0.334 e. The lowest BCUT2D eigenvalue weighted by Crippen LogP contribution is -2.50. The summed E-state index contributed by atoms with van der Waals surface area (Å²) in [4.78, 5) is 11.8. The number of sulfone groups is 1. The van der Waals surface area contributed by atoms with Gasteiger partial charge in [0.25, 0.3) is 0 Å². The Morgan fingerprint density at radius 3 is 2.58 bits per heavy atom. The van der Waals surface area contributed by atoms with Crippen LogP contribution in [0.15, 0.2) is 30.3 Å². The summed E-state index contributed by atoms with van der Waals surface area (Å²) in [6, 6.07) is 9.22. The summed E-state index contributed by atoms with van der Waals surface area (Å²) >= 11 is 0. The molecule has 0 spiro atoms. The van der Waals surface area contributed by atoms with E-state index in [1.165, 1.54) is 0 Å². The number of carbonyl (C=O) groups is 1. The van der Waals surface area contributed by atoms with Gasteiger partial charge < -0.3 is 10.6 Å². The Labute approximate surface area is 113 Å². The third-order valence-electron chi connectivity index (χ3n) is 3.21. The second kappa shape index (κ2) is 5.21. The molecule has 1 aliphatic rings. The molecular weight excluding hydrogens is 264 g/mol. The number of hydrogen-bond donors (Lipinski definition) is 2. The van der Waals surface area contributed by atoms with Gasteiger partial charge >= 0.3 is 6.03 Å². The highest BCUT2D eigenvalue weighted by Crippen LogP contribution is 2.22. The van der Waals surface area contributed by atoms with Gasteiger partial charge in [-0.05, 0) is 18.9 Å². The van der Waals surface area contributed by atoms with Crippen LogP contribution < -0.4 is 10.6 Å². The van der Waals surface area contributed by atoms with E-state index in [0.717, 1.165) is 5.56 Å². The average Bonchev–Trinajstić information content (AvgIpc) is 2.62. The Balaban J connectivity index is 1.85. The molecule has 0 aromatic heterocycles. The van der Waals surface area contributed by atoms with E-state index in [9.17, 15) is 13.2 Å².